The number of piperidine rings is 1. The fraction of sp³-hybridized carbons (Fsp3) is 0.500. The molecule has 0 aromatic carbocycles. The van der Waals surface area contributed by atoms with Gasteiger partial charge in [0.05, 0.1) is 10.7 Å². The van der Waals surface area contributed by atoms with E-state index in [1.54, 1.807) is 12.4 Å². The lowest BCUT2D eigenvalue weighted by Gasteiger charge is -2.34. The van der Waals surface area contributed by atoms with Crippen molar-refractivity contribution in [1.29, 1.82) is 0 Å². The number of hydrogen-bond donors (Lipinski definition) is 0. The van der Waals surface area contributed by atoms with E-state index in [4.69, 9.17) is 16.1 Å². The molecule has 2 aromatic rings. The molecule has 0 amide bonds. The van der Waals surface area contributed by atoms with Gasteiger partial charge in [-0.05, 0) is 24.8 Å². The van der Waals surface area contributed by atoms with Gasteiger partial charge >= 0.3 is 0 Å². The third-order valence-electron chi connectivity index (χ3n) is 3.65. The van der Waals surface area contributed by atoms with Crippen molar-refractivity contribution >= 4 is 17.3 Å². The van der Waals surface area contributed by atoms with Gasteiger partial charge in [0.25, 0.3) is 0 Å². The summed E-state index contributed by atoms with van der Waals surface area (Å²) in [7, 11) is 0. The fourth-order valence-electron chi connectivity index (χ4n) is 2.76. The van der Waals surface area contributed by atoms with E-state index in [1.165, 1.54) is 6.42 Å². The standard InChI is InChI=1S/C14H17ClN4O/c1-10-17-14(18-20-10)7-11-3-2-6-19(9-11)13-4-5-16-8-12(13)15/h4-5,8,11H,2-3,6-7,9H2,1H3/t11-/m1/s1. The quantitative estimate of drug-likeness (QED) is 0.870. The summed E-state index contributed by atoms with van der Waals surface area (Å²) >= 11 is 6.22. The number of anilines is 1. The van der Waals surface area contributed by atoms with Crippen molar-refractivity contribution in [1.82, 2.24) is 15.1 Å². The van der Waals surface area contributed by atoms with Gasteiger partial charge in [-0.2, -0.15) is 4.98 Å². The Morgan fingerprint density at radius 2 is 2.40 bits per heavy atom. The van der Waals surface area contributed by atoms with E-state index in [0.717, 1.165) is 37.4 Å². The van der Waals surface area contributed by atoms with Crippen LogP contribution in [0, 0.1) is 12.8 Å². The lowest BCUT2D eigenvalue weighted by molar-refractivity contribution is 0.370. The number of aryl methyl sites for hydroxylation is 1. The number of pyridine rings is 1. The zero-order valence-corrected chi connectivity index (χ0v) is 12.2. The summed E-state index contributed by atoms with van der Waals surface area (Å²) in [5.74, 6) is 1.96. The maximum absolute atomic E-state index is 6.22. The molecule has 1 saturated heterocycles. The normalized spacial score (nSPS) is 19.3. The maximum atomic E-state index is 6.22. The van der Waals surface area contributed by atoms with Crippen LogP contribution >= 0.6 is 11.6 Å². The third-order valence-corrected chi connectivity index (χ3v) is 3.94. The zero-order valence-electron chi connectivity index (χ0n) is 11.4. The minimum atomic E-state index is 0.532. The van der Waals surface area contributed by atoms with Crippen LogP contribution in [0.25, 0.3) is 0 Å². The van der Waals surface area contributed by atoms with E-state index in [-0.39, 0.29) is 0 Å². The Hall–Kier alpha value is -1.62. The summed E-state index contributed by atoms with van der Waals surface area (Å²) in [6.45, 7) is 3.82. The van der Waals surface area contributed by atoms with Gasteiger partial charge < -0.3 is 9.42 Å². The zero-order chi connectivity index (χ0) is 13.9. The molecule has 20 heavy (non-hydrogen) atoms. The van der Waals surface area contributed by atoms with Crippen LogP contribution in [0.15, 0.2) is 23.0 Å². The Kier molecular flexibility index (Phi) is 3.87. The van der Waals surface area contributed by atoms with E-state index in [9.17, 15) is 0 Å². The molecule has 2 aromatic heterocycles. The summed E-state index contributed by atoms with van der Waals surface area (Å²) in [5.41, 5.74) is 1.07. The fourth-order valence-corrected chi connectivity index (χ4v) is 3.00. The summed E-state index contributed by atoms with van der Waals surface area (Å²) in [4.78, 5) is 10.7. The molecule has 0 aliphatic carbocycles. The lowest BCUT2D eigenvalue weighted by atomic mass is 9.94. The number of rotatable bonds is 3. The Balaban J connectivity index is 1.69. The van der Waals surface area contributed by atoms with Crippen LogP contribution in [-0.4, -0.2) is 28.2 Å². The van der Waals surface area contributed by atoms with Gasteiger partial charge in [-0.25, -0.2) is 0 Å². The number of aromatic nitrogens is 3. The van der Waals surface area contributed by atoms with Gasteiger partial charge in [0, 0.05) is 38.8 Å². The summed E-state index contributed by atoms with van der Waals surface area (Å²) in [6.07, 6.45) is 6.68. The molecular weight excluding hydrogens is 276 g/mol. The van der Waals surface area contributed by atoms with Gasteiger partial charge in [-0.15, -0.1) is 0 Å². The van der Waals surface area contributed by atoms with Crippen molar-refractivity contribution in [3.63, 3.8) is 0 Å². The second-order valence-corrected chi connectivity index (χ2v) is 5.62. The molecule has 3 heterocycles. The molecule has 106 valence electrons. The van der Waals surface area contributed by atoms with Crippen LogP contribution in [0.1, 0.15) is 24.6 Å². The molecule has 1 fully saturated rings. The molecule has 1 aliphatic rings. The number of nitrogens with zero attached hydrogens (tertiary/aromatic N) is 4. The van der Waals surface area contributed by atoms with Crippen molar-refractivity contribution in [3.8, 4) is 0 Å². The van der Waals surface area contributed by atoms with E-state index < -0.39 is 0 Å². The van der Waals surface area contributed by atoms with Gasteiger partial charge in [-0.1, -0.05) is 16.8 Å². The monoisotopic (exact) mass is 292 g/mol. The molecule has 0 saturated carbocycles. The first-order valence-electron chi connectivity index (χ1n) is 6.86. The van der Waals surface area contributed by atoms with Gasteiger partial charge in [-0.3, -0.25) is 4.98 Å². The first-order chi connectivity index (χ1) is 9.72. The third kappa shape index (κ3) is 2.93. The molecule has 3 rings (SSSR count). The second kappa shape index (κ2) is 5.79. The highest BCUT2D eigenvalue weighted by Crippen LogP contribution is 2.29. The number of halogens is 1. The largest absolute Gasteiger partial charge is 0.370 e. The predicted molar refractivity (Wildman–Crippen MR) is 76.9 cm³/mol. The summed E-state index contributed by atoms with van der Waals surface area (Å²) in [6, 6.07) is 1.98. The minimum Gasteiger partial charge on any atom is -0.370 e. The van der Waals surface area contributed by atoms with Crippen molar-refractivity contribution in [2.24, 2.45) is 5.92 Å². The molecule has 6 heteroatoms. The van der Waals surface area contributed by atoms with Crippen molar-refractivity contribution in [3.05, 3.63) is 35.2 Å². The van der Waals surface area contributed by atoms with E-state index in [0.29, 0.717) is 16.8 Å². The molecule has 0 radical (unpaired) electrons. The lowest BCUT2D eigenvalue weighted by Crippen LogP contribution is -2.36. The first-order valence-corrected chi connectivity index (χ1v) is 7.24. The van der Waals surface area contributed by atoms with Crippen molar-refractivity contribution in [2.75, 3.05) is 18.0 Å². The average Bonchev–Trinajstić information content (AvgIpc) is 2.85. The highest BCUT2D eigenvalue weighted by molar-refractivity contribution is 6.33. The SMILES string of the molecule is Cc1nc(C[C@H]2CCCN(c3ccncc3Cl)C2)no1. The van der Waals surface area contributed by atoms with Crippen LogP contribution in [0.3, 0.4) is 0 Å². The second-order valence-electron chi connectivity index (χ2n) is 5.22. The molecule has 0 spiro atoms. The Morgan fingerprint density at radius 3 is 3.15 bits per heavy atom. The molecular formula is C14H17ClN4O. The molecule has 0 N–H and O–H groups in total. The van der Waals surface area contributed by atoms with Crippen LogP contribution < -0.4 is 4.90 Å². The van der Waals surface area contributed by atoms with E-state index in [2.05, 4.69) is 20.0 Å². The van der Waals surface area contributed by atoms with Gasteiger partial charge in [0.2, 0.25) is 5.89 Å². The first kappa shape index (κ1) is 13.4. The van der Waals surface area contributed by atoms with Crippen LogP contribution in [-0.2, 0) is 6.42 Å². The van der Waals surface area contributed by atoms with E-state index in [1.807, 2.05) is 13.0 Å². The summed E-state index contributed by atoms with van der Waals surface area (Å²) < 4.78 is 5.03. The van der Waals surface area contributed by atoms with Crippen molar-refractivity contribution < 1.29 is 4.52 Å². The minimum absolute atomic E-state index is 0.532. The van der Waals surface area contributed by atoms with Crippen LogP contribution in [0.5, 0.6) is 0 Å². The molecule has 5 nitrogen and oxygen atoms in total. The van der Waals surface area contributed by atoms with E-state index >= 15 is 0 Å². The average molecular weight is 293 g/mol. The highest BCUT2D eigenvalue weighted by atomic mass is 35.5. The Bertz CT molecular complexity index is 586. The maximum Gasteiger partial charge on any atom is 0.223 e. The smallest absolute Gasteiger partial charge is 0.223 e. The topological polar surface area (TPSA) is 55.1 Å². The number of hydrogen-bond acceptors (Lipinski definition) is 5. The Morgan fingerprint density at radius 1 is 1.50 bits per heavy atom. The molecule has 1 aliphatic heterocycles. The van der Waals surface area contributed by atoms with Gasteiger partial charge in [0.15, 0.2) is 5.82 Å². The molecule has 0 unspecified atom stereocenters. The summed E-state index contributed by atoms with van der Waals surface area (Å²) in [5, 5.41) is 4.70. The van der Waals surface area contributed by atoms with Crippen molar-refractivity contribution in [2.45, 2.75) is 26.2 Å². The van der Waals surface area contributed by atoms with Crippen LogP contribution in [0.4, 0.5) is 5.69 Å². The molecule has 1 atom stereocenters. The van der Waals surface area contributed by atoms with Gasteiger partial charge in [0.1, 0.15) is 0 Å². The highest BCUT2D eigenvalue weighted by Gasteiger charge is 2.23. The van der Waals surface area contributed by atoms with Crippen LogP contribution in [0.2, 0.25) is 5.02 Å². The predicted octanol–water partition coefficient (Wildman–Crippen LogP) is 2.89. The molecule has 0 bridgehead atoms. The Labute approximate surface area is 123 Å².